The van der Waals surface area contributed by atoms with Crippen LogP contribution in [0.15, 0.2) is 82.0 Å². The molecule has 0 radical (unpaired) electrons. The van der Waals surface area contributed by atoms with E-state index in [2.05, 4.69) is 0 Å². The van der Waals surface area contributed by atoms with Crippen molar-refractivity contribution in [3.05, 3.63) is 111 Å². The molecule has 1 atom stereocenters. The van der Waals surface area contributed by atoms with E-state index in [-0.39, 0.29) is 22.8 Å². The minimum atomic E-state index is -0.637. The van der Waals surface area contributed by atoms with Crippen molar-refractivity contribution in [2.75, 3.05) is 0 Å². The smallest absolute Gasteiger partial charge is 0.291 e. The molecule has 0 saturated heterocycles. The number of hydrogen-bond donors (Lipinski definition) is 1. The van der Waals surface area contributed by atoms with Gasteiger partial charge in [0.1, 0.15) is 11.3 Å². The van der Waals surface area contributed by atoms with Crippen molar-refractivity contribution in [1.82, 2.24) is 4.90 Å². The number of aromatic hydroxyl groups is 1. The Morgan fingerprint density at radius 2 is 1.73 bits per heavy atom. The van der Waals surface area contributed by atoms with Crippen LogP contribution in [0.3, 0.4) is 0 Å². The molecular weight excluding hydrogens is 378 g/mol. The number of nitrogens with zero attached hydrogens (tertiary/aromatic N) is 1. The summed E-state index contributed by atoms with van der Waals surface area (Å²) < 4.78 is 5.91. The summed E-state index contributed by atoms with van der Waals surface area (Å²) in [5.74, 6) is -0.185. The summed E-state index contributed by atoms with van der Waals surface area (Å²) in [6.45, 7) is 2.32. The van der Waals surface area contributed by atoms with E-state index in [9.17, 15) is 14.7 Å². The zero-order valence-electron chi connectivity index (χ0n) is 16.3. The molecule has 1 aliphatic rings. The van der Waals surface area contributed by atoms with Crippen molar-refractivity contribution in [3.8, 4) is 5.75 Å². The fourth-order valence-electron chi connectivity index (χ4n) is 4.06. The lowest BCUT2D eigenvalue weighted by atomic mass is 9.98. The zero-order chi connectivity index (χ0) is 20.8. The van der Waals surface area contributed by atoms with E-state index in [1.165, 1.54) is 0 Å². The molecule has 1 aromatic heterocycles. The molecule has 0 saturated carbocycles. The van der Waals surface area contributed by atoms with Crippen molar-refractivity contribution in [3.63, 3.8) is 0 Å². The predicted octanol–water partition coefficient (Wildman–Crippen LogP) is 4.55. The zero-order valence-corrected chi connectivity index (χ0v) is 16.3. The van der Waals surface area contributed by atoms with Crippen molar-refractivity contribution in [1.29, 1.82) is 0 Å². The average Bonchev–Trinajstić information content (AvgIpc) is 3.02. The Bertz CT molecular complexity index is 1340. The average molecular weight is 397 g/mol. The molecular formula is C25H19NO4. The highest BCUT2D eigenvalue weighted by molar-refractivity contribution is 5.99. The molecule has 0 spiro atoms. The van der Waals surface area contributed by atoms with Crippen LogP contribution < -0.4 is 5.43 Å². The molecule has 5 nitrogen and oxygen atoms in total. The first kappa shape index (κ1) is 18.2. The number of para-hydroxylation sites is 1. The van der Waals surface area contributed by atoms with Crippen LogP contribution in [0.25, 0.3) is 11.0 Å². The number of phenols is 1. The third kappa shape index (κ3) is 2.87. The first-order chi connectivity index (χ1) is 14.5. The standard InChI is InChI=1S/C25H19NO4/c1-15-9-11-16(12-10-15)14-26-22(17-5-4-6-18(27)13-17)21-23(28)19-7-2-3-8-20(19)30-24(21)25(26)29/h2-13,22,27H,14H2,1H3. The lowest BCUT2D eigenvalue weighted by molar-refractivity contribution is 0.0714. The van der Waals surface area contributed by atoms with Gasteiger partial charge in [0.25, 0.3) is 5.91 Å². The molecule has 0 aliphatic carbocycles. The fraction of sp³-hybridized carbons (Fsp3) is 0.120. The Balaban J connectivity index is 1.72. The molecule has 1 amide bonds. The van der Waals surface area contributed by atoms with Crippen molar-refractivity contribution in [2.24, 2.45) is 0 Å². The van der Waals surface area contributed by atoms with Gasteiger partial charge in [-0.1, -0.05) is 54.1 Å². The third-order valence-corrected chi connectivity index (χ3v) is 5.53. The second kappa shape index (κ2) is 6.88. The molecule has 30 heavy (non-hydrogen) atoms. The molecule has 5 rings (SSSR count). The summed E-state index contributed by atoms with van der Waals surface area (Å²) in [6, 6.07) is 20.9. The van der Waals surface area contributed by atoms with Crippen molar-refractivity contribution in [2.45, 2.75) is 19.5 Å². The van der Waals surface area contributed by atoms with E-state index < -0.39 is 6.04 Å². The number of fused-ring (bicyclic) bond motifs is 2. The van der Waals surface area contributed by atoms with E-state index in [0.717, 1.165) is 11.1 Å². The van der Waals surface area contributed by atoms with Crippen LogP contribution in [-0.2, 0) is 6.54 Å². The summed E-state index contributed by atoms with van der Waals surface area (Å²) in [7, 11) is 0. The second-order valence-electron chi connectivity index (χ2n) is 7.59. The molecule has 1 aliphatic heterocycles. The third-order valence-electron chi connectivity index (χ3n) is 5.53. The molecule has 0 bridgehead atoms. The minimum Gasteiger partial charge on any atom is -0.508 e. The van der Waals surface area contributed by atoms with Crippen LogP contribution >= 0.6 is 0 Å². The maximum Gasteiger partial charge on any atom is 0.291 e. The summed E-state index contributed by atoms with van der Waals surface area (Å²) in [5, 5.41) is 10.5. The highest BCUT2D eigenvalue weighted by Crippen LogP contribution is 2.39. The maximum atomic E-state index is 13.4. The van der Waals surface area contributed by atoms with Gasteiger partial charge in [-0.05, 0) is 42.3 Å². The Morgan fingerprint density at radius 3 is 2.50 bits per heavy atom. The summed E-state index contributed by atoms with van der Waals surface area (Å²) in [4.78, 5) is 28.4. The summed E-state index contributed by atoms with van der Waals surface area (Å²) in [6.07, 6.45) is 0. The van der Waals surface area contributed by atoms with E-state index in [4.69, 9.17) is 4.42 Å². The van der Waals surface area contributed by atoms with Gasteiger partial charge in [-0.2, -0.15) is 0 Å². The number of hydrogen-bond acceptors (Lipinski definition) is 4. The van der Waals surface area contributed by atoms with Gasteiger partial charge in [-0.3, -0.25) is 9.59 Å². The van der Waals surface area contributed by atoms with Gasteiger partial charge in [0.05, 0.1) is 17.0 Å². The van der Waals surface area contributed by atoms with Crippen molar-refractivity contribution >= 4 is 16.9 Å². The number of aryl methyl sites for hydroxylation is 1. The number of amides is 1. The van der Waals surface area contributed by atoms with E-state index in [1.807, 2.05) is 37.3 Å². The highest BCUT2D eigenvalue weighted by atomic mass is 16.3. The van der Waals surface area contributed by atoms with E-state index in [0.29, 0.717) is 28.6 Å². The highest BCUT2D eigenvalue weighted by Gasteiger charge is 2.42. The Labute approximate surface area is 172 Å². The number of rotatable bonds is 3. The lowest BCUT2D eigenvalue weighted by Gasteiger charge is -2.25. The quantitative estimate of drug-likeness (QED) is 0.550. The minimum absolute atomic E-state index is 0.0687. The number of carbonyl (C=O) groups is 1. The molecule has 4 aromatic rings. The number of phenolic OH excluding ortho intramolecular Hbond substituents is 1. The van der Waals surface area contributed by atoms with Crippen molar-refractivity contribution < 1.29 is 14.3 Å². The summed E-state index contributed by atoms with van der Waals surface area (Å²) in [5.41, 5.74) is 3.22. The largest absolute Gasteiger partial charge is 0.508 e. The van der Waals surface area contributed by atoms with Gasteiger partial charge in [0.2, 0.25) is 5.76 Å². The van der Waals surface area contributed by atoms with Crippen LogP contribution in [0.1, 0.15) is 38.9 Å². The predicted molar refractivity (Wildman–Crippen MR) is 113 cm³/mol. The maximum absolute atomic E-state index is 13.4. The Kier molecular flexibility index (Phi) is 4.17. The van der Waals surface area contributed by atoms with Gasteiger partial charge >= 0.3 is 0 Å². The first-order valence-electron chi connectivity index (χ1n) is 9.74. The lowest BCUT2D eigenvalue weighted by Crippen LogP contribution is -2.29. The second-order valence-corrected chi connectivity index (χ2v) is 7.59. The molecule has 1 unspecified atom stereocenters. The van der Waals surface area contributed by atoms with Crippen LogP contribution in [0.5, 0.6) is 5.75 Å². The molecule has 3 aromatic carbocycles. The van der Waals surface area contributed by atoms with Gasteiger partial charge < -0.3 is 14.4 Å². The molecule has 148 valence electrons. The van der Waals surface area contributed by atoms with Crippen LogP contribution in [0.2, 0.25) is 0 Å². The van der Waals surface area contributed by atoms with Gasteiger partial charge in [-0.15, -0.1) is 0 Å². The van der Waals surface area contributed by atoms with E-state index in [1.54, 1.807) is 47.4 Å². The molecule has 1 N–H and O–H groups in total. The molecule has 2 heterocycles. The normalized spacial score (nSPS) is 15.6. The summed E-state index contributed by atoms with van der Waals surface area (Å²) >= 11 is 0. The topological polar surface area (TPSA) is 70.8 Å². The SMILES string of the molecule is Cc1ccc(CN2C(=O)c3oc4ccccc4c(=O)c3C2c2cccc(O)c2)cc1. The van der Waals surface area contributed by atoms with Gasteiger partial charge in [0.15, 0.2) is 5.43 Å². The van der Waals surface area contributed by atoms with Gasteiger partial charge in [-0.25, -0.2) is 0 Å². The Morgan fingerprint density at radius 1 is 0.967 bits per heavy atom. The van der Waals surface area contributed by atoms with Crippen LogP contribution in [0.4, 0.5) is 0 Å². The first-order valence-corrected chi connectivity index (χ1v) is 9.74. The number of benzene rings is 3. The Hall–Kier alpha value is -3.86. The fourth-order valence-corrected chi connectivity index (χ4v) is 4.06. The number of carbonyl (C=O) groups excluding carboxylic acids is 1. The van der Waals surface area contributed by atoms with E-state index >= 15 is 0 Å². The van der Waals surface area contributed by atoms with Gasteiger partial charge in [0, 0.05) is 6.54 Å². The molecule has 5 heteroatoms. The molecule has 0 fully saturated rings. The van der Waals surface area contributed by atoms with Crippen LogP contribution in [0, 0.1) is 6.92 Å². The van der Waals surface area contributed by atoms with Crippen LogP contribution in [-0.4, -0.2) is 15.9 Å². The monoisotopic (exact) mass is 397 g/mol.